The monoisotopic (exact) mass is 238 g/mol. The van der Waals surface area contributed by atoms with Gasteiger partial charge in [-0.15, -0.1) is 0 Å². The molecule has 17 heavy (non-hydrogen) atoms. The Hall–Kier alpha value is -2.24. The van der Waals surface area contributed by atoms with E-state index in [9.17, 15) is 13.6 Å². The molecule has 0 unspecified atom stereocenters. The molecule has 0 saturated heterocycles. The van der Waals surface area contributed by atoms with E-state index in [1.54, 1.807) is 0 Å². The zero-order valence-corrected chi connectivity index (χ0v) is 8.79. The Morgan fingerprint density at radius 2 is 1.94 bits per heavy atom. The van der Waals surface area contributed by atoms with Crippen molar-refractivity contribution < 1.29 is 18.7 Å². The van der Waals surface area contributed by atoms with E-state index in [1.165, 1.54) is 13.0 Å². The maximum absolute atomic E-state index is 13.4. The third-order valence-electron chi connectivity index (χ3n) is 2.29. The summed E-state index contributed by atoms with van der Waals surface area (Å²) in [5.41, 5.74) is -0.360. The van der Waals surface area contributed by atoms with Crippen molar-refractivity contribution >= 4 is 5.97 Å². The van der Waals surface area contributed by atoms with E-state index in [0.29, 0.717) is 0 Å². The predicted octanol–water partition coefficient (Wildman–Crippen LogP) is 2.36. The van der Waals surface area contributed by atoms with Crippen molar-refractivity contribution in [1.82, 2.24) is 9.97 Å². The van der Waals surface area contributed by atoms with Crippen LogP contribution in [0.25, 0.3) is 11.4 Å². The largest absolute Gasteiger partial charge is 0.476 e. The fraction of sp³-hybridized carbons (Fsp3) is 0.0909. The Morgan fingerprint density at radius 3 is 2.41 bits per heavy atom. The van der Waals surface area contributed by atoms with Crippen LogP contribution in [-0.2, 0) is 0 Å². The minimum atomic E-state index is -1.25. The second-order valence-corrected chi connectivity index (χ2v) is 3.46. The molecular formula is C11H8F2N2O2. The molecule has 1 aromatic heterocycles. The smallest absolute Gasteiger partial charge is 0.356 e. The molecule has 1 heterocycles. The number of imidazole rings is 1. The molecule has 0 aliphatic heterocycles. The van der Waals surface area contributed by atoms with Crippen LogP contribution in [0.2, 0.25) is 0 Å². The number of aromatic carboxylic acids is 1. The Bertz CT molecular complexity index is 573. The van der Waals surface area contributed by atoms with Gasteiger partial charge in [-0.2, -0.15) is 0 Å². The van der Waals surface area contributed by atoms with Crippen molar-refractivity contribution in [3.05, 3.63) is 41.2 Å². The van der Waals surface area contributed by atoms with Gasteiger partial charge in [-0.1, -0.05) is 6.07 Å². The van der Waals surface area contributed by atoms with Crippen molar-refractivity contribution in [3.63, 3.8) is 0 Å². The summed E-state index contributed by atoms with van der Waals surface area (Å²) in [4.78, 5) is 17.0. The highest BCUT2D eigenvalue weighted by molar-refractivity contribution is 5.87. The summed E-state index contributed by atoms with van der Waals surface area (Å²) in [6.07, 6.45) is 0. The van der Waals surface area contributed by atoms with Gasteiger partial charge in [0.2, 0.25) is 0 Å². The molecular weight excluding hydrogens is 230 g/mol. The summed E-state index contributed by atoms with van der Waals surface area (Å²) in [5, 5.41) is 8.79. The number of carbonyl (C=O) groups is 1. The fourth-order valence-corrected chi connectivity index (χ4v) is 1.51. The summed E-state index contributed by atoms with van der Waals surface area (Å²) in [7, 11) is 0. The van der Waals surface area contributed by atoms with Gasteiger partial charge in [0.25, 0.3) is 0 Å². The summed E-state index contributed by atoms with van der Waals surface area (Å²) >= 11 is 0. The van der Waals surface area contributed by atoms with Gasteiger partial charge in [-0.3, -0.25) is 0 Å². The number of H-pyrrole nitrogens is 1. The standard InChI is InChI=1S/C11H8F2N2O2/c1-5-9(11(16)17)15-10(14-5)8-6(12)3-2-4-7(8)13/h2-4H,1H3,(H,14,15)(H,16,17). The van der Waals surface area contributed by atoms with Crippen LogP contribution in [0, 0.1) is 18.6 Å². The van der Waals surface area contributed by atoms with Crippen molar-refractivity contribution in [2.24, 2.45) is 0 Å². The van der Waals surface area contributed by atoms with Crippen LogP contribution in [0.15, 0.2) is 18.2 Å². The average molecular weight is 238 g/mol. The molecule has 0 amide bonds. The summed E-state index contributed by atoms with van der Waals surface area (Å²) < 4.78 is 26.9. The first kappa shape index (κ1) is 11.3. The molecule has 0 spiro atoms. The zero-order chi connectivity index (χ0) is 12.6. The lowest BCUT2D eigenvalue weighted by Gasteiger charge is -2.00. The highest BCUT2D eigenvalue weighted by Gasteiger charge is 2.19. The number of aromatic nitrogens is 2. The minimum absolute atomic E-state index is 0.129. The number of nitrogens with one attached hydrogen (secondary N) is 1. The van der Waals surface area contributed by atoms with Crippen molar-refractivity contribution in [2.75, 3.05) is 0 Å². The van der Waals surface area contributed by atoms with Crippen molar-refractivity contribution in [1.29, 1.82) is 0 Å². The summed E-state index contributed by atoms with van der Waals surface area (Å²) in [6, 6.07) is 3.38. The quantitative estimate of drug-likeness (QED) is 0.844. The number of carboxylic acids is 1. The Labute approximate surface area is 94.9 Å². The predicted molar refractivity (Wildman–Crippen MR) is 55.6 cm³/mol. The molecule has 2 rings (SSSR count). The lowest BCUT2D eigenvalue weighted by atomic mass is 10.2. The number of hydrogen-bond acceptors (Lipinski definition) is 2. The van der Waals surface area contributed by atoms with Gasteiger partial charge >= 0.3 is 5.97 Å². The van der Waals surface area contributed by atoms with E-state index in [1.807, 2.05) is 0 Å². The molecule has 0 saturated carbocycles. The van der Waals surface area contributed by atoms with Crippen LogP contribution in [0.1, 0.15) is 16.2 Å². The number of rotatable bonds is 2. The van der Waals surface area contributed by atoms with E-state index < -0.39 is 17.6 Å². The number of halogens is 2. The van der Waals surface area contributed by atoms with Gasteiger partial charge in [0.15, 0.2) is 5.69 Å². The van der Waals surface area contributed by atoms with Crippen molar-refractivity contribution in [3.8, 4) is 11.4 Å². The molecule has 0 atom stereocenters. The molecule has 4 nitrogen and oxygen atoms in total. The lowest BCUT2D eigenvalue weighted by molar-refractivity contribution is 0.0690. The maximum Gasteiger partial charge on any atom is 0.356 e. The first-order valence-electron chi connectivity index (χ1n) is 4.75. The molecule has 0 bridgehead atoms. The molecule has 88 valence electrons. The average Bonchev–Trinajstić information content (AvgIpc) is 2.60. The van der Waals surface area contributed by atoms with E-state index in [0.717, 1.165) is 12.1 Å². The second-order valence-electron chi connectivity index (χ2n) is 3.46. The molecule has 1 aromatic carbocycles. The zero-order valence-electron chi connectivity index (χ0n) is 8.79. The number of aryl methyl sites for hydroxylation is 1. The van der Waals surface area contributed by atoms with E-state index in [4.69, 9.17) is 5.11 Å². The van der Waals surface area contributed by atoms with Crippen LogP contribution >= 0.6 is 0 Å². The van der Waals surface area contributed by atoms with Crippen LogP contribution in [0.5, 0.6) is 0 Å². The van der Waals surface area contributed by atoms with E-state index in [2.05, 4.69) is 9.97 Å². The molecule has 0 radical (unpaired) electrons. The SMILES string of the molecule is Cc1[nH]c(-c2c(F)cccc2F)nc1C(=O)O. The molecule has 6 heteroatoms. The summed E-state index contributed by atoms with van der Waals surface area (Å²) in [5.74, 6) is -2.97. The Balaban J connectivity index is 2.62. The lowest BCUT2D eigenvalue weighted by Crippen LogP contribution is -1.99. The minimum Gasteiger partial charge on any atom is -0.476 e. The number of benzene rings is 1. The fourth-order valence-electron chi connectivity index (χ4n) is 1.51. The topological polar surface area (TPSA) is 66.0 Å². The Kier molecular flexibility index (Phi) is 2.63. The molecule has 0 aliphatic carbocycles. The van der Waals surface area contributed by atoms with Crippen LogP contribution in [-0.4, -0.2) is 21.0 Å². The van der Waals surface area contributed by atoms with Gasteiger partial charge in [-0.25, -0.2) is 18.6 Å². The summed E-state index contributed by atoms with van der Waals surface area (Å²) in [6.45, 7) is 1.47. The highest BCUT2D eigenvalue weighted by Crippen LogP contribution is 2.24. The molecule has 2 aromatic rings. The second kappa shape index (κ2) is 3.97. The van der Waals surface area contributed by atoms with Gasteiger partial charge in [0.1, 0.15) is 17.5 Å². The first-order valence-corrected chi connectivity index (χ1v) is 4.75. The molecule has 0 aliphatic rings. The third-order valence-corrected chi connectivity index (χ3v) is 2.29. The Morgan fingerprint density at radius 1 is 1.35 bits per heavy atom. The normalized spacial score (nSPS) is 10.5. The molecule has 2 N–H and O–H groups in total. The number of hydrogen-bond donors (Lipinski definition) is 2. The van der Waals surface area contributed by atoms with Gasteiger partial charge in [-0.05, 0) is 19.1 Å². The first-order chi connectivity index (χ1) is 8.00. The number of carboxylic acid groups (broad SMARTS) is 1. The number of nitrogens with zero attached hydrogens (tertiary/aromatic N) is 1. The highest BCUT2D eigenvalue weighted by atomic mass is 19.1. The maximum atomic E-state index is 13.4. The van der Waals surface area contributed by atoms with Crippen LogP contribution in [0.3, 0.4) is 0 Å². The van der Waals surface area contributed by atoms with E-state index in [-0.39, 0.29) is 22.8 Å². The van der Waals surface area contributed by atoms with Gasteiger partial charge < -0.3 is 10.1 Å². The van der Waals surface area contributed by atoms with Crippen LogP contribution < -0.4 is 0 Å². The molecule has 0 fully saturated rings. The van der Waals surface area contributed by atoms with E-state index >= 15 is 0 Å². The number of aromatic amines is 1. The third kappa shape index (κ3) is 1.89. The van der Waals surface area contributed by atoms with Gasteiger partial charge in [0, 0.05) is 5.69 Å². The van der Waals surface area contributed by atoms with Gasteiger partial charge in [0.05, 0.1) is 5.56 Å². The van der Waals surface area contributed by atoms with Crippen molar-refractivity contribution in [2.45, 2.75) is 6.92 Å². The van der Waals surface area contributed by atoms with Crippen LogP contribution in [0.4, 0.5) is 8.78 Å².